The SMILES string of the molecule is COc1ccccc1-n1[nH]c(C)c(Br)c1=O. The van der Waals surface area contributed by atoms with Crippen molar-refractivity contribution in [2.24, 2.45) is 0 Å². The number of aryl methyl sites for hydroxylation is 1. The summed E-state index contributed by atoms with van der Waals surface area (Å²) in [5.74, 6) is 0.651. The molecule has 84 valence electrons. The molecule has 0 saturated carbocycles. The smallest absolute Gasteiger partial charge is 0.285 e. The molecular formula is C11H11BrN2O2. The Labute approximate surface area is 101 Å². The fourth-order valence-electron chi connectivity index (χ4n) is 1.51. The van der Waals surface area contributed by atoms with E-state index in [0.29, 0.717) is 15.9 Å². The Kier molecular flexibility index (Phi) is 2.87. The van der Waals surface area contributed by atoms with Gasteiger partial charge in [-0.15, -0.1) is 0 Å². The summed E-state index contributed by atoms with van der Waals surface area (Å²) in [6.07, 6.45) is 0. The zero-order valence-electron chi connectivity index (χ0n) is 8.95. The number of hydrogen-bond acceptors (Lipinski definition) is 2. The molecule has 4 nitrogen and oxygen atoms in total. The molecule has 0 spiro atoms. The molecule has 5 heteroatoms. The molecule has 1 N–H and O–H groups in total. The van der Waals surface area contributed by atoms with Gasteiger partial charge in [0.2, 0.25) is 0 Å². The fraction of sp³-hybridized carbons (Fsp3) is 0.182. The number of hydrogen-bond donors (Lipinski definition) is 1. The first-order valence-electron chi connectivity index (χ1n) is 4.75. The molecule has 0 radical (unpaired) electrons. The average molecular weight is 283 g/mol. The van der Waals surface area contributed by atoms with Gasteiger partial charge in [-0.1, -0.05) is 12.1 Å². The third-order valence-corrected chi connectivity index (χ3v) is 3.26. The highest BCUT2D eigenvalue weighted by Gasteiger charge is 2.12. The Morgan fingerprint density at radius 3 is 2.62 bits per heavy atom. The number of H-pyrrole nitrogens is 1. The summed E-state index contributed by atoms with van der Waals surface area (Å²) in [6, 6.07) is 7.35. The van der Waals surface area contributed by atoms with Crippen LogP contribution in [0.1, 0.15) is 5.69 Å². The van der Waals surface area contributed by atoms with E-state index in [-0.39, 0.29) is 5.56 Å². The highest BCUT2D eigenvalue weighted by molar-refractivity contribution is 9.10. The maximum atomic E-state index is 11.9. The van der Waals surface area contributed by atoms with Crippen molar-refractivity contribution in [2.45, 2.75) is 6.92 Å². The first-order valence-corrected chi connectivity index (χ1v) is 5.55. The number of aromatic amines is 1. The maximum Gasteiger partial charge on any atom is 0.285 e. The maximum absolute atomic E-state index is 11.9. The molecule has 2 rings (SSSR count). The van der Waals surface area contributed by atoms with Gasteiger partial charge in [0.15, 0.2) is 0 Å². The van der Waals surface area contributed by atoms with Crippen LogP contribution in [0.4, 0.5) is 0 Å². The van der Waals surface area contributed by atoms with Gasteiger partial charge >= 0.3 is 0 Å². The molecule has 16 heavy (non-hydrogen) atoms. The quantitative estimate of drug-likeness (QED) is 0.918. The molecule has 0 aliphatic rings. The van der Waals surface area contributed by atoms with E-state index >= 15 is 0 Å². The molecule has 1 aromatic heterocycles. The van der Waals surface area contributed by atoms with Crippen LogP contribution < -0.4 is 10.3 Å². The van der Waals surface area contributed by atoms with Gasteiger partial charge in [0.05, 0.1) is 7.11 Å². The first-order chi connectivity index (χ1) is 7.65. The highest BCUT2D eigenvalue weighted by atomic mass is 79.9. The van der Waals surface area contributed by atoms with Crippen LogP contribution in [0.5, 0.6) is 5.75 Å². The summed E-state index contributed by atoms with van der Waals surface area (Å²) < 4.78 is 7.21. The normalized spacial score (nSPS) is 10.4. The first kappa shape index (κ1) is 11.0. The zero-order chi connectivity index (χ0) is 11.7. The number of para-hydroxylation sites is 2. The lowest BCUT2D eigenvalue weighted by Crippen LogP contribution is -2.15. The van der Waals surface area contributed by atoms with E-state index in [1.807, 2.05) is 31.2 Å². The van der Waals surface area contributed by atoms with Crippen molar-refractivity contribution in [2.75, 3.05) is 7.11 Å². The van der Waals surface area contributed by atoms with Crippen molar-refractivity contribution in [3.8, 4) is 11.4 Å². The second kappa shape index (κ2) is 4.17. The van der Waals surface area contributed by atoms with Gasteiger partial charge in [-0.25, -0.2) is 4.68 Å². The molecule has 1 heterocycles. The van der Waals surface area contributed by atoms with E-state index in [1.165, 1.54) is 4.68 Å². The number of halogens is 1. The predicted molar refractivity (Wildman–Crippen MR) is 65.4 cm³/mol. The lowest BCUT2D eigenvalue weighted by molar-refractivity contribution is 0.411. The summed E-state index contributed by atoms with van der Waals surface area (Å²) in [5.41, 5.74) is 1.36. The van der Waals surface area contributed by atoms with Crippen LogP contribution >= 0.6 is 15.9 Å². The van der Waals surface area contributed by atoms with Crippen molar-refractivity contribution in [1.82, 2.24) is 9.78 Å². The number of nitrogens with zero attached hydrogens (tertiary/aromatic N) is 1. The van der Waals surface area contributed by atoms with E-state index in [2.05, 4.69) is 21.0 Å². The summed E-state index contributed by atoms with van der Waals surface area (Å²) in [7, 11) is 1.58. The summed E-state index contributed by atoms with van der Waals surface area (Å²) in [5, 5.41) is 2.98. The second-order valence-electron chi connectivity index (χ2n) is 3.36. The van der Waals surface area contributed by atoms with Crippen molar-refractivity contribution in [1.29, 1.82) is 0 Å². The number of aromatic nitrogens is 2. The Balaban J connectivity index is 2.68. The van der Waals surface area contributed by atoms with Crippen LogP contribution in [0.3, 0.4) is 0 Å². The fourth-order valence-corrected chi connectivity index (χ4v) is 1.78. The van der Waals surface area contributed by atoms with Gasteiger partial charge in [-0.3, -0.25) is 9.89 Å². The molecule has 0 unspecified atom stereocenters. The molecule has 0 atom stereocenters. The standard InChI is InChI=1S/C11H11BrN2O2/c1-7-10(12)11(15)14(13-7)8-5-3-4-6-9(8)16-2/h3-6,13H,1-2H3. The van der Waals surface area contributed by atoms with E-state index in [4.69, 9.17) is 4.74 Å². The minimum Gasteiger partial charge on any atom is -0.494 e. The third kappa shape index (κ3) is 1.67. The Bertz CT molecular complexity index is 572. The van der Waals surface area contributed by atoms with Crippen molar-refractivity contribution in [3.05, 3.63) is 44.8 Å². The molecule has 1 aromatic carbocycles. The van der Waals surface area contributed by atoms with Gasteiger partial charge in [0.25, 0.3) is 5.56 Å². The molecule has 0 aliphatic heterocycles. The molecule has 0 aliphatic carbocycles. The average Bonchev–Trinajstić information content (AvgIpc) is 2.57. The van der Waals surface area contributed by atoms with Crippen molar-refractivity contribution < 1.29 is 4.74 Å². The monoisotopic (exact) mass is 282 g/mol. The molecule has 0 bridgehead atoms. The Hall–Kier alpha value is -1.49. The highest BCUT2D eigenvalue weighted by Crippen LogP contribution is 2.21. The largest absolute Gasteiger partial charge is 0.494 e. The summed E-state index contributed by atoms with van der Waals surface area (Å²) in [4.78, 5) is 11.9. The lowest BCUT2D eigenvalue weighted by Gasteiger charge is -2.07. The number of benzene rings is 1. The second-order valence-corrected chi connectivity index (χ2v) is 4.16. The summed E-state index contributed by atoms with van der Waals surface area (Å²) >= 11 is 3.24. The van der Waals surface area contributed by atoms with Crippen LogP contribution in [-0.2, 0) is 0 Å². The minimum absolute atomic E-state index is 0.123. The van der Waals surface area contributed by atoms with Gasteiger partial charge < -0.3 is 4.74 Å². The Morgan fingerprint density at radius 2 is 2.06 bits per heavy atom. The number of rotatable bonds is 2. The molecule has 2 aromatic rings. The Morgan fingerprint density at radius 1 is 1.38 bits per heavy atom. The topological polar surface area (TPSA) is 47.0 Å². The van der Waals surface area contributed by atoms with Crippen molar-refractivity contribution >= 4 is 15.9 Å². The molecule has 0 saturated heterocycles. The van der Waals surface area contributed by atoms with Crippen LogP contribution in [0, 0.1) is 6.92 Å². The number of nitrogens with one attached hydrogen (secondary N) is 1. The minimum atomic E-state index is -0.123. The van der Waals surface area contributed by atoms with Gasteiger partial charge in [0.1, 0.15) is 15.9 Å². The molecular weight excluding hydrogens is 272 g/mol. The number of ether oxygens (including phenoxy) is 1. The van der Waals surface area contributed by atoms with E-state index in [0.717, 1.165) is 5.69 Å². The predicted octanol–water partition coefficient (Wildman–Crippen LogP) is 2.25. The lowest BCUT2D eigenvalue weighted by atomic mass is 10.3. The van der Waals surface area contributed by atoms with Crippen LogP contribution in [-0.4, -0.2) is 16.9 Å². The molecule has 0 fully saturated rings. The third-order valence-electron chi connectivity index (χ3n) is 2.33. The summed E-state index contributed by atoms with van der Waals surface area (Å²) in [6.45, 7) is 1.83. The zero-order valence-corrected chi connectivity index (χ0v) is 10.5. The van der Waals surface area contributed by atoms with Gasteiger partial charge in [-0.05, 0) is 35.0 Å². The van der Waals surface area contributed by atoms with Crippen molar-refractivity contribution in [3.63, 3.8) is 0 Å². The van der Waals surface area contributed by atoms with Crippen LogP contribution in [0.2, 0.25) is 0 Å². The van der Waals surface area contributed by atoms with E-state index in [1.54, 1.807) is 7.11 Å². The molecule has 0 amide bonds. The van der Waals surface area contributed by atoms with Crippen LogP contribution in [0.25, 0.3) is 5.69 Å². The van der Waals surface area contributed by atoms with E-state index < -0.39 is 0 Å². The van der Waals surface area contributed by atoms with E-state index in [9.17, 15) is 4.79 Å². The number of methoxy groups -OCH3 is 1. The van der Waals surface area contributed by atoms with Gasteiger partial charge in [-0.2, -0.15) is 0 Å². The van der Waals surface area contributed by atoms with Gasteiger partial charge in [0, 0.05) is 5.69 Å². The van der Waals surface area contributed by atoms with Crippen LogP contribution in [0.15, 0.2) is 33.5 Å².